The van der Waals surface area contributed by atoms with E-state index in [9.17, 15) is 9.59 Å². The number of carbonyl (C=O) groups excluding carboxylic acids is 2. The molecule has 0 aliphatic heterocycles. The first-order chi connectivity index (χ1) is 9.67. The molecule has 0 bridgehead atoms. The first-order valence-electron chi connectivity index (χ1n) is 6.56. The minimum absolute atomic E-state index is 0.0391. The van der Waals surface area contributed by atoms with E-state index in [0.717, 1.165) is 5.56 Å². The van der Waals surface area contributed by atoms with Gasteiger partial charge >= 0.3 is 5.97 Å². The Hall–Kier alpha value is -2.12. The van der Waals surface area contributed by atoms with E-state index in [1.54, 1.807) is 31.2 Å². The van der Waals surface area contributed by atoms with Crippen LogP contribution in [0.2, 0.25) is 0 Å². The van der Waals surface area contributed by atoms with Crippen molar-refractivity contribution in [3.05, 3.63) is 35.4 Å². The Morgan fingerprint density at radius 1 is 1.20 bits per heavy atom. The molecule has 0 saturated heterocycles. The minimum Gasteiger partial charge on any atom is -0.466 e. The molecule has 1 aromatic carbocycles. The number of ketones is 1. The number of aliphatic hydroxyl groups is 1. The summed E-state index contributed by atoms with van der Waals surface area (Å²) >= 11 is 0. The Bertz CT molecular complexity index is 506. The number of esters is 1. The summed E-state index contributed by atoms with van der Waals surface area (Å²) in [6.07, 6.45) is 0.680. The van der Waals surface area contributed by atoms with Crippen LogP contribution in [0.25, 0.3) is 0 Å². The van der Waals surface area contributed by atoms with Gasteiger partial charge in [0.1, 0.15) is 0 Å². The van der Waals surface area contributed by atoms with E-state index in [1.165, 1.54) is 0 Å². The van der Waals surface area contributed by atoms with Gasteiger partial charge in [0.2, 0.25) is 0 Å². The fraction of sp³-hybridized carbons (Fsp3) is 0.375. The molecule has 0 aliphatic carbocycles. The fourth-order valence-corrected chi connectivity index (χ4v) is 1.55. The molecule has 1 aromatic rings. The molecule has 0 atom stereocenters. The summed E-state index contributed by atoms with van der Waals surface area (Å²) in [6, 6.07) is 6.89. The normalized spacial score (nSPS) is 9.50. The molecule has 4 heteroatoms. The molecule has 0 aliphatic rings. The van der Waals surface area contributed by atoms with Gasteiger partial charge in [-0.15, -0.1) is 0 Å². The molecule has 1 rings (SSSR count). The zero-order valence-corrected chi connectivity index (χ0v) is 11.5. The third-order valence-corrected chi connectivity index (χ3v) is 2.54. The summed E-state index contributed by atoms with van der Waals surface area (Å²) < 4.78 is 4.77. The molecule has 0 amide bonds. The summed E-state index contributed by atoms with van der Waals surface area (Å²) in [7, 11) is 0. The summed E-state index contributed by atoms with van der Waals surface area (Å²) in [5.41, 5.74) is 1.35. The molecular weight excluding hydrogens is 256 g/mol. The molecule has 0 spiro atoms. The van der Waals surface area contributed by atoms with Gasteiger partial charge in [0.25, 0.3) is 0 Å². The zero-order valence-electron chi connectivity index (χ0n) is 11.5. The lowest BCUT2D eigenvalue weighted by Crippen LogP contribution is -2.07. The molecule has 0 aromatic heterocycles. The first kappa shape index (κ1) is 15.9. The molecular formula is C16H18O4. The third-order valence-electron chi connectivity index (χ3n) is 2.54. The lowest BCUT2D eigenvalue weighted by Gasteiger charge is -2.02. The average Bonchev–Trinajstić information content (AvgIpc) is 2.46. The highest BCUT2D eigenvalue weighted by Crippen LogP contribution is 2.08. The average molecular weight is 274 g/mol. The van der Waals surface area contributed by atoms with Crippen LogP contribution in [0, 0.1) is 11.8 Å². The maximum atomic E-state index is 11.8. The van der Waals surface area contributed by atoms with Crippen molar-refractivity contribution >= 4 is 11.8 Å². The van der Waals surface area contributed by atoms with E-state index < -0.39 is 0 Å². The molecule has 0 fully saturated rings. The van der Waals surface area contributed by atoms with Gasteiger partial charge in [0.15, 0.2) is 5.78 Å². The van der Waals surface area contributed by atoms with Crippen LogP contribution in [-0.2, 0) is 9.53 Å². The highest BCUT2D eigenvalue weighted by molar-refractivity contribution is 5.97. The Kier molecular flexibility index (Phi) is 7.08. The van der Waals surface area contributed by atoms with E-state index in [4.69, 9.17) is 9.84 Å². The molecule has 20 heavy (non-hydrogen) atoms. The third kappa shape index (κ3) is 5.68. The van der Waals surface area contributed by atoms with Crippen molar-refractivity contribution < 1.29 is 19.4 Å². The molecule has 106 valence electrons. The van der Waals surface area contributed by atoms with E-state index >= 15 is 0 Å². The van der Waals surface area contributed by atoms with Crippen LogP contribution in [-0.4, -0.2) is 30.1 Å². The van der Waals surface area contributed by atoms with Gasteiger partial charge < -0.3 is 9.84 Å². The van der Waals surface area contributed by atoms with Crippen LogP contribution in [0.1, 0.15) is 42.1 Å². The number of carbonyl (C=O) groups is 2. The molecule has 0 radical (unpaired) electrons. The summed E-state index contributed by atoms with van der Waals surface area (Å²) in [6.45, 7) is 2.10. The first-order valence-corrected chi connectivity index (χ1v) is 6.56. The van der Waals surface area contributed by atoms with Crippen molar-refractivity contribution in [2.45, 2.75) is 26.2 Å². The van der Waals surface area contributed by atoms with Gasteiger partial charge in [-0.1, -0.05) is 24.0 Å². The summed E-state index contributed by atoms with van der Waals surface area (Å²) in [5.74, 6) is 5.25. The Morgan fingerprint density at radius 2 is 1.90 bits per heavy atom. The second-order valence-corrected chi connectivity index (χ2v) is 4.08. The topological polar surface area (TPSA) is 63.6 Å². The smallest absolute Gasteiger partial charge is 0.306 e. The van der Waals surface area contributed by atoms with Crippen molar-refractivity contribution in [1.82, 2.24) is 0 Å². The maximum absolute atomic E-state index is 11.8. The van der Waals surface area contributed by atoms with Gasteiger partial charge in [-0.3, -0.25) is 9.59 Å². The van der Waals surface area contributed by atoms with E-state index in [0.29, 0.717) is 18.6 Å². The largest absolute Gasteiger partial charge is 0.466 e. The predicted molar refractivity (Wildman–Crippen MR) is 75.2 cm³/mol. The Balaban J connectivity index is 2.54. The van der Waals surface area contributed by atoms with Crippen molar-refractivity contribution in [2.75, 3.05) is 13.2 Å². The molecule has 1 N–H and O–H groups in total. The number of aliphatic hydroxyl groups excluding tert-OH is 1. The van der Waals surface area contributed by atoms with E-state index in [2.05, 4.69) is 11.8 Å². The zero-order chi connectivity index (χ0) is 14.8. The van der Waals surface area contributed by atoms with E-state index in [1.807, 2.05) is 0 Å². The quantitative estimate of drug-likeness (QED) is 0.489. The minimum atomic E-state index is -0.354. The number of ether oxygens (including phenoxy) is 1. The second kappa shape index (κ2) is 8.89. The molecule has 0 unspecified atom stereocenters. The Morgan fingerprint density at radius 3 is 2.50 bits per heavy atom. The van der Waals surface area contributed by atoms with Crippen molar-refractivity contribution in [2.24, 2.45) is 0 Å². The predicted octanol–water partition coefficient (Wildman–Crippen LogP) is 1.95. The van der Waals surface area contributed by atoms with Crippen LogP contribution in [0.5, 0.6) is 0 Å². The van der Waals surface area contributed by atoms with Crippen LogP contribution in [0.3, 0.4) is 0 Å². The molecule has 0 heterocycles. The lowest BCUT2D eigenvalue weighted by atomic mass is 10.0. The van der Waals surface area contributed by atoms with Gasteiger partial charge in [0, 0.05) is 24.0 Å². The standard InChI is InChI=1S/C16H18O4/c1-2-20-16(19)11-10-15(18)14-8-6-13(7-9-14)5-3-4-12-17/h6-9,17H,2,4,10-12H2,1H3. The van der Waals surface area contributed by atoms with Crippen LogP contribution in [0.15, 0.2) is 24.3 Å². The summed E-state index contributed by atoms with van der Waals surface area (Å²) in [4.78, 5) is 23.0. The number of rotatable bonds is 6. The van der Waals surface area contributed by atoms with Gasteiger partial charge in [-0.2, -0.15) is 0 Å². The molecule has 0 saturated carbocycles. The monoisotopic (exact) mass is 274 g/mol. The highest BCUT2D eigenvalue weighted by Gasteiger charge is 2.09. The maximum Gasteiger partial charge on any atom is 0.306 e. The number of Topliss-reactive ketones (excluding diaryl/α,β-unsaturated/α-hetero) is 1. The Labute approximate surface area is 118 Å². The van der Waals surface area contributed by atoms with Gasteiger partial charge in [-0.05, 0) is 19.1 Å². The van der Waals surface area contributed by atoms with Gasteiger partial charge in [-0.25, -0.2) is 0 Å². The molecule has 4 nitrogen and oxygen atoms in total. The SMILES string of the molecule is CCOC(=O)CCC(=O)c1ccc(C#CCCO)cc1. The van der Waals surface area contributed by atoms with Crippen molar-refractivity contribution in [1.29, 1.82) is 0 Å². The number of benzene rings is 1. The number of hydrogen-bond donors (Lipinski definition) is 1. The fourth-order valence-electron chi connectivity index (χ4n) is 1.55. The highest BCUT2D eigenvalue weighted by atomic mass is 16.5. The number of hydrogen-bond acceptors (Lipinski definition) is 4. The lowest BCUT2D eigenvalue weighted by molar-refractivity contribution is -0.143. The second-order valence-electron chi connectivity index (χ2n) is 4.08. The van der Waals surface area contributed by atoms with E-state index in [-0.39, 0.29) is 31.2 Å². The van der Waals surface area contributed by atoms with Crippen LogP contribution >= 0.6 is 0 Å². The van der Waals surface area contributed by atoms with Crippen molar-refractivity contribution in [3.8, 4) is 11.8 Å². The summed E-state index contributed by atoms with van der Waals surface area (Å²) in [5, 5.41) is 8.62. The van der Waals surface area contributed by atoms with Crippen LogP contribution < -0.4 is 0 Å². The van der Waals surface area contributed by atoms with Crippen molar-refractivity contribution in [3.63, 3.8) is 0 Å². The van der Waals surface area contributed by atoms with Gasteiger partial charge in [0.05, 0.1) is 19.6 Å². The van der Waals surface area contributed by atoms with Crippen LogP contribution in [0.4, 0.5) is 0 Å².